The number of hydrogen-bond donors (Lipinski definition) is 1. The standard InChI is InChI=1S/C22H28F3N5OS/c1-15-3-2-8-29(12-15)13-18-14-32-21(27-18)28-20(31)16-6-9-30(10-7-16)19-5-4-17(11-26-19)22(23,24)25/h4-5,11,14-16H,2-3,6-10,12-13H2,1H3,(H,27,28,31). The zero-order chi connectivity index (χ0) is 22.7. The zero-order valence-electron chi connectivity index (χ0n) is 18.1. The lowest BCUT2D eigenvalue weighted by molar-refractivity contribution is -0.137. The fraction of sp³-hybridized carbons (Fsp3) is 0.591. The minimum absolute atomic E-state index is 0.0440. The number of nitrogens with one attached hydrogen (secondary N) is 1. The molecule has 0 saturated carbocycles. The van der Waals surface area contributed by atoms with Gasteiger partial charge in [0.1, 0.15) is 5.82 Å². The van der Waals surface area contributed by atoms with Crippen molar-refractivity contribution in [3.63, 3.8) is 0 Å². The number of hydrogen-bond acceptors (Lipinski definition) is 6. The van der Waals surface area contributed by atoms with E-state index in [-0.39, 0.29) is 11.8 Å². The molecule has 0 aromatic carbocycles. The lowest BCUT2D eigenvalue weighted by atomic mass is 9.96. The molecule has 2 aromatic rings. The predicted molar refractivity (Wildman–Crippen MR) is 119 cm³/mol. The number of aromatic nitrogens is 2. The van der Waals surface area contributed by atoms with Crippen LogP contribution in [0.15, 0.2) is 23.7 Å². The van der Waals surface area contributed by atoms with Gasteiger partial charge in [-0.25, -0.2) is 9.97 Å². The second kappa shape index (κ2) is 9.74. The molecule has 1 N–H and O–H groups in total. The summed E-state index contributed by atoms with van der Waals surface area (Å²) in [4.78, 5) is 25.6. The lowest BCUT2D eigenvalue weighted by Gasteiger charge is -2.32. The Bertz CT molecular complexity index is 909. The van der Waals surface area contributed by atoms with Crippen molar-refractivity contribution in [3.05, 3.63) is 35.0 Å². The predicted octanol–water partition coefficient (Wildman–Crippen LogP) is 4.64. The molecule has 1 atom stereocenters. The first kappa shape index (κ1) is 23.0. The van der Waals surface area contributed by atoms with Crippen molar-refractivity contribution >= 4 is 28.2 Å². The molecule has 4 rings (SSSR count). The van der Waals surface area contributed by atoms with Crippen LogP contribution < -0.4 is 10.2 Å². The van der Waals surface area contributed by atoms with Gasteiger partial charge in [-0.1, -0.05) is 6.92 Å². The minimum atomic E-state index is -4.39. The number of piperidine rings is 2. The Hall–Kier alpha value is -2.20. The largest absolute Gasteiger partial charge is 0.417 e. The molecule has 2 fully saturated rings. The highest BCUT2D eigenvalue weighted by Gasteiger charge is 2.31. The number of pyridine rings is 1. The van der Waals surface area contributed by atoms with Crippen molar-refractivity contribution < 1.29 is 18.0 Å². The van der Waals surface area contributed by atoms with Crippen LogP contribution in [0.25, 0.3) is 0 Å². The summed E-state index contributed by atoms with van der Waals surface area (Å²) in [5.41, 5.74) is 0.232. The van der Waals surface area contributed by atoms with Gasteiger partial charge >= 0.3 is 6.18 Å². The van der Waals surface area contributed by atoms with E-state index in [4.69, 9.17) is 0 Å². The van der Waals surface area contributed by atoms with Crippen molar-refractivity contribution in [2.45, 2.75) is 45.3 Å². The van der Waals surface area contributed by atoms with Gasteiger partial charge in [0, 0.05) is 43.7 Å². The Morgan fingerprint density at radius 2 is 2.00 bits per heavy atom. The van der Waals surface area contributed by atoms with Gasteiger partial charge in [-0.15, -0.1) is 11.3 Å². The molecule has 1 unspecified atom stereocenters. The normalized spacial score (nSPS) is 21.0. The monoisotopic (exact) mass is 467 g/mol. The average molecular weight is 468 g/mol. The van der Waals surface area contributed by atoms with E-state index < -0.39 is 11.7 Å². The van der Waals surface area contributed by atoms with Gasteiger partial charge in [-0.2, -0.15) is 13.2 Å². The van der Waals surface area contributed by atoms with Crippen molar-refractivity contribution in [3.8, 4) is 0 Å². The first-order valence-electron chi connectivity index (χ1n) is 11.0. The highest BCUT2D eigenvalue weighted by molar-refractivity contribution is 7.13. The number of amides is 1. The summed E-state index contributed by atoms with van der Waals surface area (Å²) in [5, 5.41) is 5.58. The van der Waals surface area contributed by atoms with Crippen LogP contribution in [0.4, 0.5) is 24.1 Å². The number of thiazole rings is 1. The molecule has 6 nitrogen and oxygen atoms in total. The molecular formula is C22H28F3N5OS. The third kappa shape index (κ3) is 5.78. The van der Waals surface area contributed by atoms with Crippen molar-refractivity contribution in [1.29, 1.82) is 0 Å². The summed E-state index contributed by atoms with van der Waals surface area (Å²) < 4.78 is 38.1. The molecule has 0 aliphatic carbocycles. The van der Waals surface area contributed by atoms with Crippen LogP contribution >= 0.6 is 11.3 Å². The highest BCUT2D eigenvalue weighted by Crippen LogP contribution is 2.30. The molecule has 174 valence electrons. The van der Waals surface area contributed by atoms with Gasteiger partial charge in [0.25, 0.3) is 0 Å². The van der Waals surface area contributed by atoms with E-state index in [2.05, 4.69) is 27.1 Å². The van der Waals surface area contributed by atoms with E-state index in [1.54, 1.807) is 0 Å². The minimum Gasteiger partial charge on any atom is -0.357 e. The highest BCUT2D eigenvalue weighted by atomic mass is 32.1. The van der Waals surface area contributed by atoms with Crippen LogP contribution in [0.2, 0.25) is 0 Å². The van der Waals surface area contributed by atoms with Gasteiger partial charge < -0.3 is 10.2 Å². The number of carbonyl (C=O) groups is 1. The molecular weight excluding hydrogens is 439 g/mol. The van der Waals surface area contributed by atoms with Crippen LogP contribution in [0.1, 0.15) is 43.9 Å². The Morgan fingerprint density at radius 1 is 1.22 bits per heavy atom. The topological polar surface area (TPSA) is 61.4 Å². The molecule has 0 radical (unpaired) electrons. The SMILES string of the molecule is CC1CCCN(Cc2csc(NC(=O)C3CCN(c4ccc(C(F)(F)F)cn4)CC3)n2)C1. The third-order valence-electron chi connectivity index (χ3n) is 6.17. The number of likely N-dealkylation sites (tertiary alicyclic amines) is 1. The van der Waals surface area contributed by atoms with Gasteiger partial charge in [0.15, 0.2) is 5.13 Å². The van der Waals surface area contributed by atoms with Gasteiger partial charge in [-0.05, 0) is 50.3 Å². The summed E-state index contributed by atoms with van der Waals surface area (Å²) in [6.07, 6.45) is 0.215. The van der Waals surface area contributed by atoms with Gasteiger partial charge in [0.05, 0.1) is 11.3 Å². The average Bonchev–Trinajstić information content (AvgIpc) is 3.20. The molecule has 2 aliphatic heterocycles. The summed E-state index contributed by atoms with van der Waals surface area (Å²) in [6.45, 7) is 6.42. The van der Waals surface area contributed by atoms with Crippen molar-refractivity contribution in [2.24, 2.45) is 11.8 Å². The first-order chi connectivity index (χ1) is 15.3. The van der Waals surface area contributed by atoms with Gasteiger partial charge in [0.2, 0.25) is 5.91 Å². The Morgan fingerprint density at radius 3 is 2.66 bits per heavy atom. The Labute approximate surface area is 189 Å². The fourth-order valence-corrected chi connectivity index (χ4v) is 5.12. The summed E-state index contributed by atoms with van der Waals surface area (Å²) in [5.74, 6) is 1.03. The molecule has 0 spiro atoms. The molecule has 4 heterocycles. The van der Waals surface area contributed by atoms with Crippen LogP contribution in [0.3, 0.4) is 0 Å². The number of nitrogens with zero attached hydrogens (tertiary/aromatic N) is 4. The lowest BCUT2D eigenvalue weighted by Crippen LogP contribution is -2.38. The van der Waals surface area contributed by atoms with Crippen LogP contribution in [-0.2, 0) is 17.5 Å². The van der Waals surface area contributed by atoms with Gasteiger partial charge in [-0.3, -0.25) is 9.69 Å². The van der Waals surface area contributed by atoms with E-state index in [1.807, 2.05) is 10.3 Å². The number of halogens is 3. The molecule has 1 amide bonds. The summed E-state index contributed by atoms with van der Waals surface area (Å²) in [6, 6.07) is 2.44. The Kier molecular flexibility index (Phi) is 6.99. The van der Waals surface area contributed by atoms with E-state index in [0.717, 1.165) is 37.6 Å². The smallest absolute Gasteiger partial charge is 0.357 e. The van der Waals surface area contributed by atoms with E-state index >= 15 is 0 Å². The number of alkyl halides is 3. The van der Waals surface area contributed by atoms with Crippen LogP contribution in [-0.4, -0.2) is 47.0 Å². The van der Waals surface area contributed by atoms with Crippen LogP contribution in [0.5, 0.6) is 0 Å². The molecule has 10 heteroatoms. The first-order valence-corrected chi connectivity index (χ1v) is 11.9. The van der Waals surface area contributed by atoms with E-state index in [1.165, 1.54) is 30.2 Å². The summed E-state index contributed by atoms with van der Waals surface area (Å²) in [7, 11) is 0. The maximum atomic E-state index is 12.7. The molecule has 32 heavy (non-hydrogen) atoms. The molecule has 2 aliphatic rings. The second-order valence-electron chi connectivity index (χ2n) is 8.78. The second-order valence-corrected chi connectivity index (χ2v) is 9.64. The molecule has 2 saturated heterocycles. The Balaban J connectivity index is 1.25. The molecule has 2 aromatic heterocycles. The fourth-order valence-electron chi connectivity index (χ4n) is 4.42. The van der Waals surface area contributed by atoms with Crippen molar-refractivity contribution in [1.82, 2.24) is 14.9 Å². The molecule has 0 bridgehead atoms. The van der Waals surface area contributed by atoms with E-state index in [0.29, 0.717) is 42.8 Å². The maximum absolute atomic E-state index is 12.7. The third-order valence-corrected chi connectivity index (χ3v) is 6.98. The number of anilines is 2. The maximum Gasteiger partial charge on any atom is 0.417 e. The van der Waals surface area contributed by atoms with Crippen LogP contribution in [0, 0.1) is 11.8 Å². The summed E-state index contributed by atoms with van der Waals surface area (Å²) >= 11 is 1.45. The quantitative estimate of drug-likeness (QED) is 0.694. The number of rotatable bonds is 5. The number of carbonyl (C=O) groups excluding carboxylic acids is 1. The van der Waals surface area contributed by atoms with Crippen molar-refractivity contribution in [2.75, 3.05) is 36.4 Å². The van der Waals surface area contributed by atoms with E-state index in [9.17, 15) is 18.0 Å². The zero-order valence-corrected chi connectivity index (χ0v) is 18.9.